The van der Waals surface area contributed by atoms with Crippen LogP contribution in [0.2, 0.25) is 0 Å². The molecule has 0 spiro atoms. The van der Waals surface area contributed by atoms with E-state index in [0.29, 0.717) is 11.5 Å². The van der Waals surface area contributed by atoms with Crippen molar-refractivity contribution in [2.45, 2.75) is 0 Å². The molecule has 0 radical (unpaired) electrons. The first-order valence-electron chi connectivity index (χ1n) is 3.63. The lowest BCUT2D eigenvalue weighted by atomic mass is 10.3. The normalized spacial score (nSPS) is 10.2. The van der Waals surface area contributed by atoms with Crippen LogP contribution in [0.3, 0.4) is 0 Å². The van der Waals surface area contributed by atoms with Gasteiger partial charge in [-0.2, -0.15) is 0 Å². The van der Waals surface area contributed by atoms with E-state index in [2.05, 4.69) is 15.3 Å². The number of nitrogens with one attached hydrogen (secondary N) is 1. The Bertz CT molecular complexity index is 319. The average Bonchev–Trinajstić information content (AvgIpc) is 2.15. The van der Waals surface area contributed by atoms with Crippen LogP contribution >= 0.6 is 0 Å². The van der Waals surface area contributed by atoms with E-state index in [4.69, 9.17) is 5.11 Å². The molecule has 0 saturated heterocycles. The molecule has 5 nitrogen and oxygen atoms in total. The molecule has 0 bridgehead atoms. The van der Waals surface area contributed by atoms with Gasteiger partial charge in [-0.05, 0) is 6.08 Å². The van der Waals surface area contributed by atoms with E-state index in [9.17, 15) is 4.79 Å². The highest BCUT2D eigenvalue weighted by molar-refractivity contribution is 5.85. The maximum absolute atomic E-state index is 10.2. The molecule has 0 aliphatic rings. The lowest BCUT2D eigenvalue weighted by Gasteiger charge is -1.96. The molecule has 1 rings (SSSR count). The number of aromatic nitrogens is 2. The Morgan fingerprint density at radius 1 is 1.54 bits per heavy atom. The van der Waals surface area contributed by atoms with Crippen molar-refractivity contribution in [2.75, 3.05) is 12.4 Å². The van der Waals surface area contributed by atoms with Crippen LogP contribution in [0.25, 0.3) is 6.08 Å². The van der Waals surface area contributed by atoms with Gasteiger partial charge >= 0.3 is 5.97 Å². The number of rotatable bonds is 3. The lowest BCUT2D eigenvalue weighted by Crippen LogP contribution is -1.95. The monoisotopic (exact) mass is 179 g/mol. The zero-order valence-corrected chi connectivity index (χ0v) is 7.06. The third-order valence-electron chi connectivity index (χ3n) is 1.31. The van der Waals surface area contributed by atoms with Gasteiger partial charge in [-0.1, -0.05) is 0 Å². The van der Waals surface area contributed by atoms with E-state index in [1.807, 2.05) is 0 Å². The van der Waals surface area contributed by atoms with Gasteiger partial charge in [0.25, 0.3) is 0 Å². The van der Waals surface area contributed by atoms with Crippen LogP contribution in [0.1, 0.15) is 5.56 Å². The number of carboxylic acid groups (broad SMARTS) is 1. The van der Waals surface area contributed by atoms with Gasteiger partial charge in [0.15, 0.2) is 0 Å². The minimum Gasteiger partial charge on any atom is -0.478 e. The number of hydrogen-bond donors (Lipinski definition) is 2. The molecule has 0 amide bonds. The summed E-state index contributed by atoms with van der Waals surface area (Å²) in [7, 11) is 1.71. The molecular weight excluding hydrogens is 170 g/mol. The molecule has 0 aliphatic heterocycles. The van der Waals surface area contributed by atoms with Gasteiger partial charge in [0, 0.05) is 31.1 Å². The molecule has 1 aromatic heterocycles. The molecule has 0 aromatic carbocycles. The largest absolute Gasteiger partial charge is 0.478 e. The topological polar surface area (TPSA) is 75.1 Å². The molecule has 0 fully saturated rings. The van der Waals surface area contributed by atoms with Gasteiger partial charge in [-0.15, -0.1) is 0 Å². The minimum absolute atomic E-state index is 0.507. The molecule has 0 unspecified atom stereocenters. The fraction of sp³-hybridized carbons (Fsp3) is 0.125. The molecule has 1 heterocycles. The number of carboxylic acids is 1. The summed E-state index contributed by atoms with van der Waals surface area (Å²) in [6, 6.07) is 0. The predicted octanol–water partition coefficient (Wildman–Crippen LogP) is 0.616. The fourth-order valence-corrected chi connectivity index (χ4v) is 0.721. The molecule has 0 atom stereocenters. The van der Waals surface area contributed by atoms with Gasteiger partial charge in [0.1, 0.15) is 0 Å². The Hall–Kier alpha value is -1.91. The van der Waals surface area contributed by atoms with E-state index < -0.39 is 5.97 Å². The third-order valence-corrected chi connectivity index (χ3v) is 1.31. The van der Waals surface area contributed by atoms with Gasteiger partial charge in [0.2, 0.25) is 5.95 Å². The quantitative estimate of drug-likeness (QED) is 0.665. The van der Waals surface area contributed by atoms with E-state index >= 15 is 0 Å². The molecule has 13 heavy (non-hydrogen) atoms. The summed E-state index contributed by atoms with van der Waals surface area (Å²) in [5.74, 6) is -0.481. The van der Waals surface area contributed by atoms with E-state index in [-0.39, 0.29) is 0 Å². The van der Waals surface area contributed by atoms with Crippen LogP contribution < -0.4 is 5.32 Å². The first kappa shape index (κ1) is 9.18. The highest BCUT2D eigenvalue weighted by Gasteiger charge is 1.92. The van der Waals surface area contributed by atoms with Crippen molar-refractivity contribution >= 4 is 18.0 Å². The first-order chi connectivity index (χ1) is 6.22. The van der Waals surface area contributed by atoms with Gasteiger partial charge < -0.3 is 10.4 Å². The zero-order chi connectivity index (χ0) is 9.68. The van der Waals surface area contributed by atoms with Crippen molar-refractivity contribution in [3.8, 4) is 0 Å². The second kappa shape index (κ2) is 4.20. The Labute approximate surface area is 75.1 Å². The maximum Gasteiger partial charge on any atom is 0.328 e. The van der Waals surface area contributed by atoms with Crippen LogP contribution in [-0.4, -0.2) is 28.1 Å². The average molecular weight is 179 g/mol. The maximum atomic E-state index is 10.2. The van der Waals surface area contributed by atoms with Crippen molar-refractivity contribution in [1.82, 2.24) is 9.97 Å². The highest BCUT2D eigenvalue weighted by atomic mass is 16.4. The molecule has 5 heteroatoms. The van der Waals surface area contributed by atoms with Crippen molar-refractivity contribution < 1.29 is 9.90 Å². The van der Waals surface area contributed by atoms with Crippen LogP contribution in [0.4, 0.5) is 5.95 Å². The zero-order valence-electron chi connectivity index (χ0n) is 7.06. The lowest BCUT2D eigenvalue weighted by molar-refractivity contribution is -0.131. The SMILES string of the molecule is CNc1ncc(C=CC(=O)O)cn1. The van der Waals surface area contributed by atoms with Crippen molar-refractivity contribution in [2.24, 2.45) is 0 Å². The molecule has 0 aliphatic carbocycles. The standard InChI is InChI=1S/C8H9N3O2/c1-9-8-10-4-6(5-11-8)2-3-7(12)13/h2-5H,1H3,(H,12,13)(H,9,10,11). The van der Waals surface area contributed by atoms with Crippen LogP contribution in [0, 0.1) is 0 Å². The van der Waals surface area contributed by atoms with Crippen molar-refractivity contribution in [3.63, 3.8) is 0 Å². The van der Waals surface area contributed by atoms with E-state index in [1.54, 1.807) is 7.05 Å². The van der Waals surface area contributed by atoms with Crippen LogP contribution in [0.5, 0.6) is 0 Å². The number of aliphatic carboxylic acids is 1. The third kappa shape index (κ3) is 2.90. The van der Waals surface area contributed by atoms with E-state index in [1.165, 1.54) is 18.5 Å². The van der Waals surface area contributed by atoms with Gasteiger partial charge in [-0.3, -0.25) is 0 Å². The molecule has 1 aromatic rings. The number of carbonyl (C=O) groups is 1. The minimum atomic E-state index is -0.988. The number of anilines is 1. The van der Waals surface area contributed by atoms with Crippen LogP contribution in [0.15, 0.2) is 18.5 Å². The molecular formula is C8H9N3O2. The molecule has 0 saturated carbocycles. The van der Waals surface area contributed by atoms with Crippen molar-refractivity contribution in [1.29, 1.82) is 0 Å². The molecule has 68 valence electrons. The highest BCUT2D eigenvalue weighted by Crippen LogP contribution is 2.00. The van der Waals surface area contributed by atoms with Gasteiger partial charge in [0.05, 0.1) is 0 Å². The smallest absolute Gasteiger partial charge is 0.328 e. The van der Waals surface area contributed by atoms with Crippen molar-refractivity contribution in [3.05, 3.63) is 24.0 Å². The Kier molecular flexibility index (Phi) is 2.97. The summed E-state index contributed by atoms with van der Waals surface area (Å²) < 4.78 is 0. The predicted molar refractivity (Wildman–Crippen MR) is 48.2 cm³/mol. The Morgan fingerprint density at radius 3 is 2.62 bits per heavy atom. The fourth-order valence-electron chi connectivity index (χ4n) is 0.721. The first-order valence-corrected chi connectivity index (χ1v) is 3.63. The Balaban J connectivity index is 2.75. The number of hydrogen-bond acceptors (Lipinski definition) is 4. The summed E-state index contributed by atoms with van der Waals surface area (Å²) >= 11 is 0. The number of nitrogens with zero attached hydrogens (tertiary/aromatic N) is 2. The second-order valence-corrected chi connectivity index (χ2v) is 2.26. The summed E-state index contributed by atoms with van der Waals surface area (Å²) in [5.41, 5.74) is 0.654. The molecule has 2 N–H and O–H groups in total. The second-order valence-electron chi connectivity index (χ2n) is 2.26. The van der Waals surface area contributed by atoms with Gasteiger partial charge in [-0.25, -0.2) is 14.8 Å². The summed E-state index contributed by atoms with van der Waals surface area (Å²) in [5, 5.41) is 11.1. The summed E-state index contributed by atoms with van der Waals surface area (Å²) in [6.07, 6.45) is 5.55. The Morgan fingerprint density at radius 2 is 2.15 bits per heavy atom. The summed E-state index contributed by atoms with van der Waals surface area (Å²) in [6.45, 7) is 0. The van der Waals surface area contributed by atoms with E-state index in [0.717, 1.165) is 6.08 Å². The van der Waals surface area contributed by atoms with Crippen LogP contribution in [-0.2, 0) is 4.79 Å². The summed E-state index contributed by atoms with van der Waals surface area (Å²) in [4.78, 5) is 18.0.